The van der Waals surface area contributed by atoms with Crippen LogP contribution in [0.2, 0.25) is 0 Å². The number of rotatable bonds is 5. The van der Waals surface area contributed by atoms with E-state index in [1.807, 2.05) is 64.0 Å². The van der Waals surface area contributed by atoms with Gasteiger partial charge in [0.15, 0.2) is 5.78 Å². The molecule has 1 aromatic rings. The van der Waals surface area contributed by atoms with Crippen LogP contribution in [0, 0.1) is 17.8 Å². The van der Waals surface area contributed by atoms with Crippen molar-refractivity contribution in [2.75, 3.05) is 19.0 Å². The van der Waals surface area contributed by atoms with Crippen LogP contribution in [0.5, 0.6) is 0 Å². The average molecular weight is 323 g/mol. The fourth-order valence-electron chi connectivity index (χ4n) is 1.97. The molecule has 0 aliphatic carbocycles. The minimum absolute atomic E-state index is 0.0200. The van der Waals surface area contributed by atoms with Gasteiger partial charge in [-0.15, -0.1) is 11.5 Å². The summed E-state index contributed by atoms with van der Waals surface area (Å²) in [6, 6.07) is 7.64. The van der Waals surface area contributed by atoms with Crippen molar-refractivity contribution in [3.8, 4) is 12.3 Å². The Bertz CT molecular complexity index is 709. The Balaban J connectivity index is 3.12. The van der Waals surface area contributed by atoms with E-state index in [4.69, 9.17) is 6.42 Å². The Kier molecular flexibility index (Phi) is 6.67. The second kappa shape index (κ2) is 8.26. The van der Waals surface area contributed by atoms with Crippen LogP contribution in [0.1, 0.15) is 27.7 Å². The van der Waals surface area contributed by atoms with E-state index in [-0.39, 0.29) is 5.78 Å². The van der Waals surface area contributed by atoms with Gasteiger partial charge in [-0.1, -0.05) is 32.8 Å². The highest BCUT2D eigenvalue weighted by Crippen LogP contribution is 2.26. The van der Waals surface area contributed by atoms with Crippen LogP contribution in [0.4, 0.5) is 11.4 Å². The zero-order valence-electron chi connectivity index (χ0n) is 15.3. The molecule has 1 aromatic carbocycles. The van der Waals surface area contributed by atoms with E-state index in [9.17, 15) is 4.79 Å². The van der Waals surface area contributed by atoms with Gasteiger partial charge in [0.2, 0.25) is 0 Å². The van der Waals surface area contributed by atoms with Crippen LogP contribution >= 0.6 is 0 Å². The molecule has 0 heterocycles. The maximum atomic E-state index is 12.6. The second-order valence-corrected chi connectivity index (χ2v) is 6.59. The van der Waals surface area contributed by atoms with Crippen molar-refractivity contribution < 1.29 is 4.79 Å². The highest BCUT2D eigenvalue weighted by molar-refractivity contribution is 6.02. The Morgan fingerprint density at radius 1 is 1.21 bits per heavy atom. The van der Waals surface area contributed by atoms with E-state index in [1.165, 1.54) is 6.08 Å². The number of Topliss-reactive ketones (excluding diaryl/α,β-unsaturated/α-hetero) is 1. The third-order valence-corrected chi connectivity index (χ3v) is 3.35. The summed E-state index contributed by atoms with van der Waals surface area (Å²) in [5.41, 5.74) is 2.14. The lowest BCUT2D eigenvalue weighted by atomic mass is 9.85. The number of ketones is 1. The summed E-state index contributed by atoms with van der Waals surface area (Å²) in [4.78, 5) is 14.6. The summed E-state index contributed by atoms with van der Waals surface area (Å²) in [5, 5.41) is 8.41. The SMILES string of the molecule is C#C/C=C(/N=N/c1ccc(N(C)C)cc1)C(=C/C)\C(=O)C(C)(C)C. The smallest absolute Gasteiger partial charge is 0.170 e. The molecule has 4 nitrogen and oxygen atoms in total. The highest BCUT2D eigenvalue weighted by Gasteiger charge is 2.26. The van der Waals surface area contributed by atoms with E-state index in [2.05, 4.69) is 16.1 Å². The van der Waals surface area contributed by atoms with Gasteiger partial charge in [-0.3, -0.25) is 4.79 Å². The summed E-state index contributed by atoms with van der Waals surface area (Å²) in [6.07, 6.45) is 8.58. The number of hydrogen-bond donors (Lipinski definition) is 0. The lowest BCUT2D eigenvalue weighted by Gasteiger charge is -2.18. The number of terminal acetylenes is 1. The monoisotopic (exact) mass is 323 g/mol. The first-order chi connectivity index (χ1) is 11.2. The number of azo groups is 1. The number of carbonyl (C=O) groups is 1. The maximum absolute atomic E-state index is 12.6. The summed E-state index contributed by atoms with van der Waals surface area (Å²) >= 11 is 0. The van der Waals surface area contributed by atoms with E-state index >= 15 is 0 Å². The zero-order valence-corrected chi connectivity index (χ0v) is 15.3. The molecule has 0 saturated carbocycles. The number of anilines is 1. The number of hydrogen-bond acceptors (Lipinski definition) is 4. The summed E-state index contributed by atoms with van der Waals surface area (Å²) in [7, 11) is 3.95. The third-order valence-electron chi connectivity index (χ3n) is 3.35. The van der Waals surface area contributed by atoms with Gasteiger partial charge in [-0.05, 0) is 31.2 Å². The van der Waals surface area contributed by atoms with Crippen molar-refractivity contribution in [2.45, 2.75) is 27.7 Å². The molecule has 0 fully saturated rings. The molecular weight excluding hydrogens is 298 g/mol. The maximum Gasteiger partial charge on any atom is 0.170 e. The van der Waals surface area contributed by atoms with Gasteiger partial charge in [0.05, 0.1) is 5.69 Å². The molecular formula is C20H25N3O. The summed E-state index contributed by atoms with van der Waals surface area (Å²) in [6.45, 7) is 7.39. The topological polar surface area (TPSA) is 45.0 Å². The normalized spacial score (nSPS) is 13.0. The van der Waals surface area contributed by atoms with Crippen molar-refractivity contribution in [2.24, 2.45) is 15.6 Å². The Labute approximate surface area is 145 Å². The first kappa shape index (κ1) is 19.4. The van der Waals surface area contributed by atoms with Gasteiger partial charge in [-0.2, -0.15) is 5.11 Å². The minimum atomic E-state index is -0.515. The number of carbonyl (C=O) groups excluding carboxylic acids is 1. The number of nitrogens with zero attached hydrogens (tertiary/aromatic N) is 3. The van der Waals surface area contributed by atoms with E-state index in [0.29, 0.717) is 17.0 Å². The predicted molar refractivity (Wildman–Crippen MR) is 100 cm³/mol. The molecule has 0 unspecified atom stereocenters. The van der Waals surface area contributed by atoms with E-state index in [1.54, 1.807) is 13.0 Å². The van der Waals surface area contributed by atoms with Gasteiger partial charge in [0.1, 0.15) is 5.70 Å². The minimum Gasteiger partial charge on any atom is -0.378 e. The highest BCUT2D eigenvalue weighted by atomic mass is 16.1. The molecule has 0 aliphatic heterocycles. The number of benzene rings is 1. The molecule has 0 radical (unpaired) electrons. The van der Waals surface area contributed by atoms with Crippen molar-refractivity contribution in [1.29, 1.82) is 0 Å². The standard InChI is InChI=1S/C20H25N3O/c1-8-10-18(17(9-2)19(24)20(3,4)5)22-21-15-11-13-16(14-12-15)23(6)7/h1,9-14H,2-7H3/b17-9+,18-10+,22-21+. The lowest BCUT2D eigenvalue weighted by Crippen LogP contribution is -2.22. The zero-order chi connectivity index (χ0) is 18.3. The van der Waals surface area contributed by atoms with Crippen molar-refractivity contribution in [1.82, 2.24) is 0 Å². The van der Waals surface area contributed by atoms with Crippen molar-refractivity contribution in [3.05, 3.63) is 47.7 Å². The van der Waals surface area contributed by atoms with Crippen LogP contribution in [-0.2, 0) is 4.79 Å². The molecule has 0 aromatic heterocycles. The average Bonchev–Trinajstić information content (AvgIpc) is 2.52. The molecule has 0 amide bonds. The Hall–Kier alpha value is -2.67. The van der Waals surface area contributed by atoms with Crippen LogP contribution in [0.3, 0.4) is 0 Å². The fraction of sp³-hybridized carbons (Fsp3) is 0.350. The first-order valence-electron chi connectivity index (χ1n) is 7.77. The lowest BCUT2D eigenvalue weighted by molar-refractivity contribution is -0.122. The molecule has 0 bridgehead atoms. The first-order valence-corrected chi connectivity index (χ1v) is 7.77. The van der Waals surface area contributed by atoms with Crippen molar-refractivity contribution in [3.63, 3.8) is 0 Å². The Morgan fingerprint density at radius 2 is 1.79 bits per heavy atom. The molecule has 1 rings (SSSR count). The molecule has 0 aliphatic rings. The number of allylic oxidation sites excluding steroid dienone is 3. The molecule has 0 N–H and O–H groups in total. The molecule has 24 heavy (non-hydrogen) atoms. The fourth-order valence-corrected chi connectivity index (χ4v) is 1.97. The largest absolute Gasteiger partial charge is 0.378 e. The van der Waals surface area contributed by atoms with Gasteiger partial charge in [-0.25, -0.2) is 0 Å². The Morgan fingerprint density at radius 3 is 2.21 bits per heavy atom. The molecule has 4 heteroatoms. The van der Waals surface area contributed by atoms with Crippen LogP contribution in [-0.4, -0.2) is 19.9 Å². The molecule has 126 valence electrons. The molecule has 0 saturated heterocycles. The molecule has 0 atom stereocenters. The van der Waals surface area contributed by atoms with Gasteiger partial charge < -0.3 is 4.90 Å². The summed E-state index contributed by atoms with van der Waals surface area (Å²) in [5.74, 6) is 2.41. The van der Waals surface area contributed by atoms with Crippen LogP contribution in [0.15, 0.2) is 57.9 Å². The third kappa shape index (κ3) is 5.20. The second-order valence-electron chi connectivity index (χ2n) is 6.59. The van der Waals surface area contributed by atoms with Crippen LogP contribution in [0.25, 0.3) is 0 Å². The van der Waals surface area contributed by atoms with Gasteiger partial charge in [0, 0.05) is 36.8 Å². The van der Waals surface area contributed by atoms with Gasteiger partial charge >= 0.3 is 0 Å². The van der Waals surface area contributed by atoms with Crippen LogP contribution < -0.4 is 4.90 Å². The van der Waals surface area contributed by atoms with E-state index in [0.717, 1.165) is 5.69 Å². The summed E-state index contributed by atoms with van der Waals surface area (Å²) < 4.78 is 0. The molecule has 0 spiro atoms. The van der Waals surface area contributed by atoms with E-state index < -0.39 is 5.41 Å². The quantitative estimate of drug-likeness (QED) is 0.334. The van der Waals surface area contributed by atoms with Gasteiger partial charge in [0.25, 0.3) is 0 Å². The van der Waals surface area contributed by atoms with Crippen molar-refractivity contribution >= 4 is 17.2 Å². The predicted octanol–water partition coefficient (Wildman–Crippen LogP) is 4.91.